The molecule has 142 valence electrons. The Morgan fingerprint density at radius 1 is 1.17 bits per heavy atom. The first-order chi connectivity index (χ1) is 10.9. The van der Waals surface area contributed by atoms with E-state index in [9.17, 15) is 19.8 Å². The van der Waals surface area contributed by atoms with Crippen molar-refractivity contribution in [3.63, 3.8) is 0 Å². The van der Waals surface area contributed by atoms with Crippen molar-refractivity contribution in [1.82, 2.24) is 0 Å². The maximum atomic E-state index is 11.8. The molecule has 0 unspecified atom stereocenters. The van der Waals surface area contributed by atoms with Gasteiger partial charge in [-0.05, 0) is 25.1 Å². The van der Waals surface area contributed by atoms with Crippen molar-refractivity contribution < 1.29 is 33.7 Å². The summed E-state index contributed by atoms with van der Waals surface area (Å²) in [5, 5.41) is 19.7. The zero-order chi connectivity index (χ0) is 19.1. The number of carbonyl (C=O) groups excluding carboxylic acids is 2. The molecule has 0 aromatic rings. The lowest BCUT2D eigenvalue weighted by atomic mass is 10.0. The summed E-state index contributed by atoms with van der Waals surface area (Å²) in [6.07, 6.45) is -3.84. The van der Waals surface area contributed by atoms with E-state index >= 15 is 0 Å². The van der Waals surface area contributed by atoms with Crippen LogP contribution in [0.2, 0.25) is 18.1 Å². The molecule has 7 nitrogen and oxygen atoms in total. The van der Waals surface area contributed by atoms with Crippen LogP contribution in [0, 0.1) is 0 Å². The lowest BCUT2D eigenvalue weighted by Crippen LogP contribution is -2.46. The van der Waals surface area contributed by atoms with Gasteiger partial charge >= 0.3 is 11.9 Å². The van der Waals surface area contributed by atoms with Crippen molar-refractivity contribution in [3.05, 3.63) is 0 Å². The topological polar surface area (TPSA) is 102 Å². The van der Waals surface area contributed by atoms with Crippen LogP contribution in [0.5, 0.6) is 0 Å². The minimum absolute atomic E-state index is 0.0503. The monoisotopic (exact) mass is 364 g/mol. The molecular formula is C16H32O7Si. The van der Waals surface area contributed by atoms with Gasteiger partial charge in [0.1, 0.15) is 0 Å². The molecule has 8 heteroatoms. The quantitative estimate of drug-likeness (QED) is 0.473. The summed E-state index contributed by atoms with van der Waals surface area (Å²) in [4.78, 5) is 23.2. The summed E-state index contributed by atoms with van der Waals surface area (Å²) in [5.74, 6) is -1.37. The average molecular weight is 365 g/mol. The summed E-state index contributed by atoms with van der Waals surface area (Å²) in [6.45, 7) is 12.2. The first kappa shape index (κ1) is 23.0. The largest absolute Gasteiger partial charge is 0.467 e. The fraction of sp³-hybridized carbons (Fsp3) is 0.875. The van der Waals surface area contributed by atoms with Gasteiger partial charge in [0.05, 0.1) is 32.3 Å². The van der Waals surface area contributed by atoms with Crippen LogP contribution in [0.25, 0.3) is 0 Å². The van der Waals surface area contributed by atoms with Crippen molar-refractivity contribution in [2.75, 3.05) is 13.7 Å². The molecule has 2 N–H and O–H groups in total. The molecular weight excluding hydrogens is 332 g/mol. The van der Waals surface area contributed by atoms with E-state index < -0.39 is 38.6 Å². The van der Waals surface area contributed by atoms with Gasteiger partial charge in [0.15, 0.2) is 14.4 Å². The minimum Gasteiger partial charge on any atom is -0.467 e. The van der Waals surface area contributed by atoms with Gasteiger partial charge in [0.25, 0.3) is 0 Å². The van der Waals surface area contributed by atoms with Crippen LogP contribution in [0.4, 0.5) is 0 Å². The van der Waals surface area contributed by atoms with Crippen molar-refractivity contribution in [3.8, 4) is 0 Å². The molecule has 0 aliphatic rings. The molecule has 3 atom stereocenters. The van der Waals surface area contributed by atoms with Crippen molar-refractivity contribution >= 4 is 20.3 Å². The number of methoxy groups -OCH3 is 1. The number of aliphatic hydroxyl groups excluding tert-OH is 2. The Labute approximate surface area is 145 Å². The van der Waals surface area contributed by atoms with Crippen LogP contribution in [-0.4, -0.2) is 62.5 Å². The Morgan fingerprint density at radius 2 is 1.71 bits per heavy atom. The highest BCUT2D eigenvalue weighted by molar-refractivity contribution is 6.74. The van der Waals surface area contributed by atoms with E-state index in [0.29, 0.717) is 0 Å². The number of esters is 2. The van der Waals surface area contributed by atoms with E-state index in [2.05, 4.69) is 25.5 Å². The minimum atomic E-state index is -2.21. The van der Waals surface area contributed by atoms with Gasteiger partial charge in [-0.15, -0.1) is 0 Å². The van der Waals surface area contributed by atoms with E-state index in [0.717, 1.165) is 7.11 Å². The van der Waals surface area contributed by atoms with Gasteiger partial charge in [0.2, 0.25) is 0 Å². The van der Waals surface area contributed by atoms with E-state index in [-0.39, 0.29) is 24.5 Å². The molecule has 24 heavy (non-hydrogen) atoms. The summed E-state index contributed by atoms with van der Waals surface area (Å²) < 4.78 is 15.5. The highest BCUT2D eigenvalue weighted by Gasteiger charge is 2.40. The summed E-state index contributed by atoms with van der Waals surface area (Å²) in [5.41, 5.74) is 0. The molecule has 0 aliphatic carbocycles. The first-order valence-electron chi connectivity index (χ1n) is 8.13. The standard InChI is InChI=1S/C16H32O7Si/c1-8-22-13(18)10-11(23-24(6,7)16(2,3)4)9-12(17)14(19)15(20)21-5/h11-12,14,17,19H,8-10H2,1-7H3/t11-,12+,14-/m0/s1. The molecule has 0 rings (SSSR count). The maximum Gasteiger partial charge on any atom is 0.337 e. The number of hydrogen-bond donors (Lipinski definition) is 2. The Balaban J connectivity index is 5.13. The number of ether oxygens (including phenoxy) is 2. The Bertz CT molecular complexity index is 417. The Kier molecular flexibility index (Phi) is 9.12. The van der Waals surface area contributed by atoms with Gasteiger partial charge < -0.3 is 24.1 Å². The molecule has 0 aromatic carbocycles. The molecule has 0 saturated heterocycles. The highest BCUT2D eigenvalue weighted by atomic mass is 28.4. The molecule has 0 aromatic heterocycles. The van der Waals surface area contributed by atoms with E-state index in [1.54, 1.807) is 6.92 Å². The Morgan fingerprint density at radius 3 is 2.12 bits per heavy atom. The average Bonchev–Trinajstić information content (AvgIpc) is 2.43. The SMILES string of the molecule is CCOC(=O)C[C@H](C[C@@H](O)[C@H](O)C(=O)OC)O[Si](C)(C)C(C)(C)C. The van der Waals surface area contributed by atoms with Crippen LogP contribution in [0.15, 0.2) is 0 Å². The normalized spacial score (nSPS) is 16.2. The number of rotatable bonds is 9. The zero-order valence-corrected chi connectivity index (χ0v) is 16.8. The third-order valence-electron chi connectivity index (χ3n) is 4.28. The van der Waals surface area contributed by atoms with Crippen LogP contribution in [-0.2, 0) is 23.5 Å². The second-order valence-electron chi connectivity index (χ2n) is 7.28. The number of aliphatic hydroxyl groups is 2. The van der Waals surface area contributed by atoms with Gasteiger partial charge in [-0.3, -0.25) is 4.79 Å². The second-order valence-corrected chi connectivity index (χ2v) is 12.0. The Hall–Kier alpha value is -0.963. The second kappa shape index (κ2) is 9.50. The predicted molar refractivity (Wildman–Crippen MR) is 92.0 cm³/mol. The smallest absolute Gasteiger partial charge is 0.337 e. The lowest BCUT2D eigenvalue weighted by Gasteiger charge is -2.39. The first-order valence-corrected chi connectivity index (χ1v) is 11.0. The molecule has 0 heterocycles. The molecule has 0 radical (unpaired) electrons. The van der Waals surface area contributed by atoms with Crippen molar-refractivity contribution in [2.45, 2.75) is 77.0 Å². The zero-order valence-electron chi connectivity index (χ0n) is 15.8. The molecule has 0 amide bonds. The summed E-state index contributed by atoms with van der Waals surface area (Å²) in [6, 6.07) is 0. The number of hydrogen-bond acceptors (Lipinski definition) is 7. The predicted octanol–water partition coefficient (Wildman–Crippen LogP) is 1.61. The van der Waals surface area contributed by atoms with Crippen molar-refractivity contribution in [1.29, 1.82) is 0 Å². The van der Waals surface area contributed by atoms with Gasteiger partial charge in [-0.25, -0.2) is 4.79 Å². The lowest BCUT2D eigenvalue weighted by molar-refractivity contribution is -0.157. The van der Waals surface area contributed by atoms with Gasteiger partial charge in [-0.1, -0.05) is 20.8 Å². The van der Waals surface area contributed by atoms with E-state index in [4.69, 9.17) is 9.16 Å². The molecule has 0 spiro atoms. The summed E-state index contributed by atoms with van der Waals surface area (Å²) >= 11 is 0. The molecule has 0 fully saturated rings. The molecule has 0 saturated carbocycles. The van der Waals surface area contributed by atoms with Crippen LogP contribution in [0.1, 0.15) is 40.5 Å². The molecule has 0 bridgehead atoms. The van der Waals surface area contributed by atoms with Crippen LogP contribution in [0.3, 0.4) is 0 Å². The third-order valence-corrected chi connectivity index (χ3v) is 8.81. The van der Waals surface area contributed by atoms with Gasteiger partial charge in [-0.2, -0.15) is 0 Å². The van der Waals surface area contributed by atoms with E-state index in [1.807, 2.05) is 13.1 Å². The number of carbonyl (C=O) groups is 2. The van der Waals surface area contributed by atoms with Gasteiger partial charge in [0, 0.05) is 6.42 Å². The maximum absolute atomic E-state index is 11.8. The highest BCUT2D eigenvalue weighted by Crippen LogP contribution is 2.38. The fourth-order valence-electron chi connectivity index (χ4n) is 1.85. The van der Waals surface area contributed by atoms with Crippen LogP contribution >= 0.6 is 0 Å². The fourth-order valence-corrected chi connectivity index (χ4v) is 3.21. The van der Waals surface area contributed by atoms with E-state index in [1.165, 1.54) is 0 Å². The van der Waals surface area contributed by atoms with Crippen molar-refractivity contribution in [2.24, 2.45) is 0 Å². The molecule has 0 aliphatic heterocycles. The van der Waals surface area contributed by atoms with Crippen LogP contribution < -0.4 is 0 Å². The third kappa shape index (κ3) is 7.29. The summed E-state index contributed by atoms with van der Waals surface area (Å²) in [7, 11) is -1.09.